The van der Waals surface area contributed by atoms with E-state index in [-0.39, 0.29) is 11.8 Å². The van der Waals surface area contributed by atoms with Crippen molar-refractivity contribution in [3.05, 3.63) is 76.8 Å². The normalized spacial score (nSPS) is 10.7. The predicted molar refractivity (Wildman–Crippen MR) is 132 cm³/mol. The topological polar surface area (TPSA) is 110 Å². The zero-order valence-corrected chi connectivity index (χ0v) is 19.9. The van der Waals surface area contributed by atoms with Crippen LogP contribution in [0.2, 0.25) is 0 Å². The molecule has 0 spiro atoms. The molecule has 0 saturated heterocycles. The van der Waals surface area contributed by atoms with E-state index in [0.29, 0.717) is 29.5 Å². The fourth-order valence-corrected chi connectivity index (χ4v) is 5.51. The lowest BCUT2D eigenvalue weighted by atomic mass is 10.1. The van der Waals surface area contributed by atoms with Crippen molar-refractivity contribution in [1.29, 1.82) is 0 Å². The van der Waals surface area contributed by atoms with Crippen LogP contribution in [0.4, 0.5) is 10.3 Å². The summed E-state index contributed by atoms with van der Waals surface area (Å²) in [6.07, 6.45) is 1.28. The first-order valence-corrected chi connectivity index (χ1v) is 12.7. The van der Waals surface area contributed by atoms with Crippen molar-refractivity contribution in [2.45, 2.75) is 23.6 Å². The third-order valence-electron chi connectivity index (χ3n) is 4.32. The molecule has 168 valence electrons. The molecule has 2 aromatic carbocycles. The Balaban J connectivity index is 1.19. The van der Waals surface area contributed by atoms with Crippen LogP contribution in [-0.2, 0) is 28.9 Å². The van der Waals surface area contributed by atoms with Crippen molar-refractivity contribution in [2.75, 3.05) is 16.4 Å². The lowest BCUT2D eigenvalue weighted by Gasteiger charge is -2.00. The van der Waals surface area contributed by atoms with E-state index >= 15 is 0 Å². The molecule has 0 unspecified atom stereocenters. The zero-order valence-electron chi connectivity index (χ0n) is 17.4. The van der Waals surface area contributed by atoms with E-state index in [2.05, 4.69) is 31.0 Å². The van der Waals surface area contributed by atoms with Gasteiger partial charge in [-0.1, -0.05) is 95.1 Å². The van der Waals surface area contributed by atoms with Gasteiger partial charge >= 0.3 is 0 Å². The SMILES string of the molecule is O=C(Cc1ccccc1)Nc1nnc(CCSc2nnc(NC(=O)Cc3ccccc3)s2)s1. The van der Waals surface area contributed by atoms with E-state index in [1.54, 1.807) is 0 Å². The van der Waals surface area contributed by atoms with Gasteiger partial charge in [-0.2, -0.15) is 0 Å². The summed E-state index contributed by atoms with van der Waals surface area (Å²) in [5, 5.41) is 23.7. The smallest absolute Gasteiger partial charge is 0.230 e. The monoisotopic (exact) mass is 496 g/mol. The third-order valence-corrected chi connectivity index (χ3v) is 7.19. The molecule has 0 atom stereocenters. The van der Waals surface area contributed by atoms with Gasteiger partial charge in [0.25, 0.3) is 0 Å². The summed E-state index contributed by atoms with van der Waals surface area (Å²) in [7, 11) is 0. The van der Waals surface area contributed by atoms with Crippen LogP contribution in [0.25, 0.3) is 0 Å². The minimum Gasteiger partial charge on any atom is -0.300 e. The molecule has 11 heteroatoms. The second-order valence-corrected chi connectivity index (χ2v) is 10.3. The lowest BCUT2D eigenvalue weighted by molar-refractivity contribution is -0.116. The van der Waals surface area contributed by atoms with Gasteiger partial charge in [0.1, 0.15) is 5.01 Å². The molecule has 4 rings (SSSR count). The van der Waals surface area contributed by atoms with Gasteiger partial charge in [-0.3, -0.25) is 9.59 Å². The van der Waals surface area contributed by atoms with Crippen LogP contribution in [-0.4, -0.2) is 38.0 Å². The average molecular weight is 497 g/mol. The molecule has 0 aliphatic carbocycles. The molecule has 2 amide bonds. The first-order chi connectivity index (χ1) is 16.1. The minimum atomic E-state index is -0.121. The van der Waals surface area contributed by atoms with E-state index in [4.69, 9.17) is 0 Å². The standard InChI is InChI=1S/C22H20N6O2S3/c29-17(13-15-7-3-1-4-8-15)23-20-26-25-19(32-20)11-12-31-22-28-27-21(33-22)24-18(30)14-16-9-5-2-6-10-16/h1-10H,11-14H2,(H,23,26,29)(H,24,27,30). The van der Waals surface area contributed by atoms with Crippen molar-refractivity contribution in [3.63, 3.8) is 0 Å². The van der Waals surface area contributed by atoms with Gasteiger partial charge in [-0.05, 0) is 11.1 Å². The van der Waals surface area contributed by atoms with Crippen LogP contribution >= 0.6 is 34.4 Å². The number of nitrogens with zero attached hydrogens (tertiary/aromatic N) is 4. The number of rotatable bonds is 10. The largest absolute Gasteiger partial charge is 0.300 e. The highest BCUT2D eigenvalue weighted by atomic mass is 32.2. The van der Waals surface area contributed by atoms with E-state index in [0.717, 1.165) is 26.2 Å². The Morgan fingerprint density at radius 1 is 0.727 bits per heavy atom. The van der Waals surface area contributed by atoms with Crippen molar-refractivity contribution >= 4 is 56.5 Å². The Bertz CT molecular complexity index is 1100. The summed E-state index contributed by atoms with van der Waals surface area (Å²) in [6.45, 7) is 0. The van der Waals surface area contributed by atoms with Crippen LogP contribution in [0.1, 0.15) is 16.1 Å². The summed E-state index contributed by atoms with van der Waals surface area (Å²) >= 11 is 4.24. The summed E-state index contributed by atoms with van der Waals surface area (Å²) in [5.74, 6) is 0.498. The highest BCUT2D eigenvalue weighted by Crippen LogP contribution is 2.27. The van der Waals surface area contributed by atoms with E-state index in [1.165, 1.54) is 34.4 Å². The van der Waals surface area contributed by atoms with Gasteiger partial charge in [-0.25, -0.2) is 0 Å². The molecular formula is C22H20N6O2S3. The van der Waals surface area contributed by atoms with Gasteiger partial charge < -0.3 is 10.6 Å². The Morgan fingerprint density at radius 2 is 1.27 bits per heavy atom. The summed E-state index contributed by atoms with van der Waals surface area (Å²) in [6, 6.07) is 19.1. The number of aryl methyl sites for hydroxylation is 1. The van der Waals surface area contributed by atoms with Crippen molar-refractivity contribution < 1.29 is 9.59 Å². The Hall–Kier alpha value is -3.15. The summed E-state index contributed by atoms with van der Waals surface area (Å²) in [5.41, 5.74) is 1.89. The second kappa shape index (κ2) is 11.6. The van der Waals surface area contributed by atoms with E-state index < -0.39 is 0 Å². The maximum Gasteiger partial charge on any atom is 0.230 e. The molecule has 8 nitrogen and oxygen atoms in total. The third kappa shape index (κ3) is 7.45. The van der Waals surface area contributed by atoms with Crippen molar-refractivity contribution in [3.8, 4) is 0 Å². The molecule has 2 aromatic heterocycles. The van der Waals surface area contributed by atoms with Crippen LogP contribution in [0.15, 0.2) is 65.0 Å². The quantitative estimate of drug-likeness (QED) is 0.251. The predicted octanol–water partition coefficient (Wildman–Crippen LogP) is 4.09. The average Bonchev–Trinajstić information content (AvgIpc) is 3.44. The van der Waals surface area contributed by atoms with Crippen LogP contribution in [0.5, 0.6) is 0 Å². The molecular weight excluding hydrogens is 476 g/mol. The number of carbonyl (C=O) groups is 2. The number of nitrogens with one attached hydrogen (secondary N) is 2. The number of carbonyl (C=O) groups excluding carboxylic acids is 2. The molecule has 0 bridgehead atoms. The number of hydrogen-bond donors (Lipinski definition) is 2. The van der Waals surface area contributed by atoms with Crippen molar-refractivity contribution in [2.24, 2.45) is 0 Å². The van der Waals surface area contributed by atoms with Crippen LogP contribution in [0, 0.1) is 0 Å². The molecule has 2 N–H and O–H groups in total. The van der Waals surface area contributed by atoms with Crippen LogP contribution < -0.4 is 10.6 Å². The summed E-state index contributed by atoms with van der Waals surface area (Å²) < 4.78 is 0.769. The minimum absolute atomic E-state index is 0.117. The second-order valence-electron chi connectivity index (χ2n) is 6.89. The lowest BCUT2D eigenvalue weighted by Crippen LogP contribution is -2.14. The fraction of sp³-hybridized carbons (Fsp3) is 0.182. The van der Waals surface area contributed by atoms with Gasteiger partial charge in [0, 0.05) is 12.2 Å². The number of thioether (sulfide) groups is 1. The molecule has 0 radical (unpaired) electrons. The number of anilines is 2. The zero-order chi connectivity index (χ0) is 22.9. The number of hydrogen-bond acceptors (Lipinski definition) is 9. The van der Waals surface area contributed by atoms with Crippen LogP contribution in [0.3, 0.4) is 0 Å². The fourth-order valence-electron chi connectivity index (χ4n) is 2.84. The van der Waals surface area contributed by atoms with Gasteiger partial charge in [0.15, 0.2) is 4.34 Å². The number of amides is 2. The molecule has 0 aliphatic heterocycles. The van der Waals surface area contributed by atoms with E-state index in [1.807, 2.05) is 60.7 Å². The Kier molecular flexibility index (Phi) is 8.12. The van der Waals surface area contributed by atoms with Gasteiger partial charge in [-0.15, -0.1) is 20.4 Å². The molecule has 0 fully saturated rings. The molecule has 4 aromatic rings. The molecule has 2 heterocycles. The Morgan fingerprint density at radius 3 is 1.88 bits per heavy atom. The maximum atomic E-state index is 12.2. The highest BCUT2D eigenvalue weighted by Gasteiger charge is 2.11. The highest BCUT2D eigenvalue weighted by molar-refractivity contribution is 8.01. The first kappa shape index (κ1) is 23.0. The van der Waals surface area contributed by atoms with Gasteiger partial charge in [0.05, 0.1) is 12.8 Å². The van der Waals surface area contributed by atoms with Crippen molar-refractivity contribution in [1.82, 2.24) is 20.4 Å². The molecule has 33 heavy (non-hydrogen) atoms. The molecule has 0 aliphatic rings. The maximum absolute atomic E-state index is 12.2. The number of benzene rings is 2. The molecule has 0 saturated carbocycles. The van der Waals surface area contributed by atoms with Gasteiger partial charge in [0.2, 0.25) is 22.1 Å². The first-order valence-electron chi connectivity index (χ1n) is 10.1. The number of aromatic nitrogens is 4. The van der Waals surface area contributed by atoms with E-state index in [9.17, 15) is 9.59 Å². The Labute approximate surface area is 202 Å². The summed E-state index contributed by atoms with van der Waals surface area (Å²) in [4.78, 5) is 24.3.